The highest BCUT2D eigenvalue weighted by atomic mass is 35.5. The lowest BCUT2D eigenvalue weighted by Crippen LogP contribution is -2.55. The molecule has 2 bridgehead atoms. The molecule has 0 aliphatic carbocycles. The molecule has 0 N–H and O–H groups in total. The van der Waals surface area contributed by atoms with Crippen LogP contribution in [0.25, 0.3) is 0 Å². The van der Waals surface area contributed by atoms with Crippen LogP contribution >= 0.6 is 23.2 Å². The molecule has 0 spiro atoms. The van der Waals surface area contributed by atoms with Crippen molar-refractivity contribution in [2.24, 2.45) is 0 Å². The molecule has 25 heavy (non-hydrogen) atoms. The fourth-order valence-electron chi connectivity index (χ4n) is 3.70. The van der Waals surface area contributed by atoms with Crippen LogP contribution in [0.5, 0.6) is 0 Å². The quantitative estimate of drug-likeness (QED) is 0.772. The molecule has 3 rings (SSSR count). The summed E-state index contributed by atoms with van der Waals surface area (Å²) in [6, 6.07) is 3.06. The molecule has 2 unspecified atom stereocenters. The number of likely N-dealkylation sites (N-methyl/N-ethyl adjacent to an activating group) is 1. The molecule has 2 aliphatic rings. The van der Waals surface area contributed by atoms with E-state index in [-0.39, 0.29) is 27.0 Å². The van der Waals surface area contributed by atoms with Crippen LogP contribution in [-0.4, -0.2) is 62.4 Å². The molecule has 1 aromatic rings. The fourth-order valence-corrected chi connectivity index (χ4v) is 6.28. The molecule has 0 radical (unpaired) electrons. The van der Waals surface area contributed by atoms with E-state index in [4.69, 9.17) is 27.9 Å². The maximum Gasteiger partial charge on any atom is 0.244 e. The minimum Gasteiger partial charge on any atom is -0.378 e. The van der Waals surface area contributed by atoms with E-state index in [2.05, 4.69) is 0 Å². The number of methoxy groups -OCH3 is 1. The van der Waals surface area contributed by atoms with Crippen LogP contribution in [0.15, 0.2) is 23.1 Å². The lowest BCUT2D eigenvalue weighted by Gasteiger charge is -2.40. The molecule has 2 aliphatic heterocycles. The minimum atomic E-state index is -3.95. The maximum absolute atomic E-state index is 13.4. The molecule has 6 nitrogen and oxygen atoms in total. The van der Waals surface area contributed by atoms with E-state index < -0.39 is 22.1 Å². The van der Waals surface area contributed by atoms with E-state index in [1.165, 1.54) is 22.5 Å². The second-order valence-corrected chi connectivity index (χ2v) is 9.16. The van der Waals surface area contributed by atoms with Gasteiger partial charge in [0.2, 0.25) is 15.9 Å². The monoisotopic (exact) mass is 406 g/mol. The number of piperidine rings is 1. The van der Waals surface area contributed by atoms with Crippen LogP contribution in [0.1, 0.15) is 19.3 Å². The van der Waals surface area contributed by atoms with Crippen molar-refractivity contribution in [3.8, 4) is 0 Å². The third-order valence-electron chi connectivity index (χ3n) is 4.87. The zero-order chi connectivity index (χ0) is 18.4. The van der Waals surface area contributed by atoms with Gasteiger partial charge in [-0.3, -0.25) is 4.79 Å². The van der Waals surface area contributed by atoms with Crippen molar-refractivity contribution in [3.63, 3.8) is 0 Å². The molecule has 9 heteroatoms. The number of benzene rings is 1. The zero-order valence-electron chi connectivity index (χ0n) is 14.0. The molecular formula is C16H20Cl2N2O4S. The molecule has 0 saturated carbocycles. The summed E-state index contributed by atoms with van der Waals surface area (Å²) in [5.74, 6) is -0.207. The predicted molar refractivity (Wildman–Crippen MR) is 95.3 cm³/mol. The Morgan fingerprint density at radius 3 is 2.40 bits per heavy atom. The number of carbonyl (C=O) groups excluding carboxylic acids is 1. The van der Waals surface area contributed by atoms with Gasteiger partial charge in [0.1, 0.15) is 6.04 Å². The molecule has 1 amide bonds. The van der Waals surface area contributed by atoms with Crippen molar-refractivity contribution in [1.82, 2.24) is 9.21 Å². The number of nitrogens with zero attached hydrogens (tertiary/aromatic N) is 2. The third kappa shape index (κ3) is 3.40. The summed E-state index contributed by atoms with van der Waals surface area (Å²) in [5, 5.41) is 0.468. The van der Waals surface area contributed by atoms with Gasteiger partial charge in [-0.05, 0) is 37.5 Å². The number of amides is 1. The Balaban J connectivity index is 2.13. The Morgan fingerprint density at radius 2 is 1.80 bits per heavy atom. The van der Waals surface area contributed by atoms with E-state index in [1.807, 2.05) is 0 Å². The first kappa shape index (κ1) is 18.9. The van der Waals surface area contributed by atoms with Gasteiger partial charge >= 0.3 is 0 Å². The van der Waals surface area contributed by atoms with Crippen LogP contribution in [0.3, 0.4) is 0 Å². The Bertz CT molecular complexity index is 766. The van der Waals surface area contributed by atoms with E-state index in [9.17, 15) is 13.2 Å². The second kappa shape index (κ2) is 7.04. The fraction of sp³-hybridized carbons (Fsp3) is 0.562. The van der Waals surface area contributed by atoms with Gasteiger partial charge in [0, 0.05) is 30.7 Å². The minimum absolute atomic E-state index is 0.00546. The number of rotatable bonds is 3. The number of hydrogen-bond acceptors (Lipinski definition) is 4. The molecule has 1 aromatic carbocycles. The number of hydrogen-bond donors (Lipinski definition) is 0. The predicted octanol–water partition coefficient (Wildman–Crippen LogP) is 2.39. The van der Waals surface area contributed by atoms with E-state index in [1.54, 1.807) is 19.1 Å². The van der Waals surface area contributed by atoms with E-state index in [0.29, 0.717) is 19.4 Å². The summed E-state index contributed by atoms with van der Waals surface area (Å²) < 4.78 is 33.6. The van der Waals surface area contributed by atoms with Gasteiger partial charge in [-0.25, -0.2) is 8.42 Å². The maximum atomic E-state index is 13.4. The van der Waals surface area contributed by atoms with E-state index in [0.717, 1.165) is 6.42 Å². The van der Waals surface area contributed by atoms with Crippen LogP contribution < -0.4 is 0 Å². The Kier molecular flexibility index (Phi) is 5.33. The highest BCUT2D eigenvalue weighted by Crippen LogP contribution is 2.36. The van der Waals surface area contributed by atoms with Crippen molar-refractivity contribution in [1.29, 1.82) is 0 Å². The highest BCUT2D eigenvalue weighted by Gasteiger charge is 2.49. The van der Waals surface area contributed by atoms with Gasteiger partial charge in [0.15, 0.2) is 0 Å². The van der Waals surface area contributed by atoms with Gasteiger partial charge in [0.05, 0.1) is 17.0 Å². The van der Waals surface area contributed by atoms with Crippen molar-refractivity contribution in [2.45, 2.75) is 42.3 Å². The number of ether oxygens (including phenoxy) is 1. The smallest absolute Gasteiger partial charge is 0.244 e. The summed E-state index contributed by atoms with van der Waals surface area (Å²) in [6.07, 6.45) is 1.52. The molecule has 3 atom stereocenters. The van der Waals surface area contributed by atoms with E-state index >= 15 is 0 Å². The first-order valence-electron chi connectivity index (χ1n) is 8.03. The van der Waals surface area contributed by atoms with Crippen molar-refractivity contribution >= 4 is 39.1 Å². The van der Waals surface area contributed by atoms with Crippen LogP contribution in [-0.2, 0) is 19.6 Å². The number of sulfonamides is 1. The Labute approximate surface area is 157 Å². The van der Waals surface area contributed by atoms with Gasteiger partial charge < -0.3 is 9.64 Å². The summed E-state index contributed by atoms with van der Waals surface area (Å²) in [4.78, 5) is 14.3. The van der Waals surface area contributed by atoms with Crippen LogP contribution in [0, 0.1) is 0 Å². The lowest BCUT2D eigenvalue weighted by molar-refractivity contribution is -0.133. The summed E-state index contributed by atoms with van der Waals surface area (Å²) in [6.45, 7) is 0.360. The zero-order valence-corrected chi connectivity index (χ0v) is 16.3. The average molecular weight is 407 g/mol. The first-order valence-corrected chi connectivity index (χ1v) is 10.2. The largest absolute Gasteiger partial charge is 0.378 e. The Morgan fingerprint density at radius 1 is 1.16 bits per heavy atom. The van der Waals surface area contributed by atoms with Crippen molar-refractivity contribution in [2.75, 3.05) is 20.7 Å². The normalized spacial score (nSPS) is 28.1. The summed E-state index contributed by atoms with van der Waals surface area (Å²) in [5.41, 5.74) is 0. The molecule has 2 heterocycles. The number of halogens is 2. The van der Waals surface area contributed by atoms with Crippen molar-refractivity contribution < 1.29 is 17.9 Å². The molecule has 0 aromatic heterocycles. The van der Waals surface area contributed by atoms with Crippen molar-refractivity contribution in [3.05, 3.63) is 28.2 Å². The molecular weight excluding hydrogens is 387 g/mol. The summed E-state index contributed by atoms with van der Waals surface area (Å²) in [7, 11) is -0.735. The third-order valence-corrected chi connectivity index (χ3v) is 7.22. The van der Waals surface area contributed by atoms with Crippen LogP contribution in [0.4, 0.5) is 0 Å². The molecule has 138 valence electrons. The van der Waals surface area contributed by atoms with Gasteiger partial charge in [-0.15, -0.1) is 0 Å². The molecule has 2 fully saturated rings. The average Bonchev–Trinajstić information content (AvgIpc) is 2.62. The number of carbonyl (C=O) groups is 1. The standard InChI is InChI=1S/C16H20Cl2N2O4S/c1-19-9-15(24-2)13-4-3-5-14(16(19)21)20(13)25(22,23)12-7-10(17)6-11(18)8-12/h6-8,13-15H,3-5,9H2,1-2H3/t13?,14?,15-/m0/s1. The van der Waals surface area contributed by atoms with Gasteiger partial charge in [-0.1, -0.05) is 23.2 Å². The topological polar surface area (TPSA) is 66.9 Å². The highest BCUT2D eigenvalue weighted by molar-refractivity contribution is 7.89. The Hall–Kier alpha value is -0.860. The SMILES string of the molecule is CO[C@H]1CN(C)C(=O)C2CCCC1N2S(=O)(=O)c1cc(Cl)cc(Cl)c1. The second-order valence-electron chi connectivity index (χ2n) is 6.45. The lowest BCUT2D eigenvalue weighted by atomic mass is 9.96. The summed E-state index contributed by atoms with van der Waals surface area (Å²) >= 11 is 12.0. The first-order chi connectivity index (χ1) is 11.8. The number of fused-ring (bicyclic) bond motifs is 2. The molecule has 2 saturated heterocycles. The van der Waals surface area contributed by atoms with Gasteiger partial charge in [0.25, 0.3) is 0 Å². The van der Waals surface area contributed by atoms with Gasteiger partial charge in [-0.2, -0.15) is 4.31 Å². The van der Waals surface area contributed by atoms with Crippen LogP contribution in [0.2, 0.25) is 10.0 Å².